The van der Waals surface area contributed by atoms with E-state index in [1.807, 2.05) is 18.2 Å². The van der Waals surface area contributed by atoms with Gasteiger partial charge in [0.1, 0.15) is 11.4 Å². The summed E-state index contributed by atoms with van der Waals surface area (Å²) in [4.78, 5) is 37.2. The Labute approximate surface area is 178 Å². The maximum absolute atomic E-state index is 13.8. The lowest BCUT2D eigenvalue weighted by atomic mass is 10.0. The van der Waals surface area contributed by atoms with Gasteiger partial charge in [0.2, 0.25) is 0 Å². The highest BCUT2D eigenvalue weighted by atomic mass is 19.1. The number of nitrogens with one attached hydrogen (secondary N) is 3. The molecule has 3 rings (SSSR count). The Balaban J connectivity index is 1.84. The van der Waals surface area contributed by atoms with Crippen molar-refractivity contribution in [1.29, 1.82) is 0 Å². The number of hydrogen-bond acceptors (Lipinski definition) is 4. The Morgan fingerprint density at radius 1 is 0.806 bits per heavy atom. The molecule has 8 heteroatoms. The summed E-state index contributed by atoms with van der Waals surface area (Å²) >= 11 is 0. The minimum atomic E-state index is -0.811. The summed E-state index contributed by atoms with van der Waals surface area (Å²) in [5.74, 6) is -2.22. The zero-order chi connectivity index (χ0) is 22.6. The molecule has 0 unspecified atom stereocenters. The van der Waals surface area contributed by atoms with Crippen molar-refractivity contribution in [1.82, 2.24) is 10.9 Å². The number of amides is 3. The highest BCUT2D eigenvalue weighted by molar-refractivity contribution is 6.08. The number of anilines is 1. The molecule has 3 aromatic rings. The first-order valence-electron chi connectivity index (χ1n) is 9.52. The highest BCUT2D eigenvalue weighted by Gasteiger charge is 2.20. The number of hydrogen-bond donors (Lipinski definition) is 3. The maximum atomic E-state index is 13.8. The molecule has 3 aromatic carbocycles. The summed E-state index contributed by atoms with van der Waals surface area (Å²) in [7, 11) is 0. The van der Waals surface area contributed by atoms with Gasteiger partial charge in [-0.15, -0.1) is 0 Å². The number of carbonyl (C=O) groups is 3. The number of fused-ring (bicyclic) bond motifs is 1. The van der Waals surface area contributed by atoms with E-state index in [4.69, 9.17) is 4.74 Å². The largest absolute Gasteiger partial charge is 0.444 e. The Morgan fingerprint density at radius 2 is 1.35 bits per heavy atom. The van der Waals surface area contributed by atoms with Crippen molar-refractivity contribution in [2.24, 2.45) is 0 Å². The fraction of sp³-hybridized carbons (Fsp3) is 0.174. The molecule has 3 N–H and O–H groups in total. The predicted octanol–water partition coefficient (Wildman–Crippen LogP) is 4.40. The predicted molar refractivity (Wildman–Crippen MR) is 115 cm³/mol. The molecule has 3 amide bonds. The number of halogens is 1. The van der Waals surface area contributed by atoms with Crippen LogP contribution in [0.3, 0.4) is 0 Å². The van der Waals surface area contributed by atoms with Crippen molar-refractivity contribution in [3.05, 3.63) is 77.6 Å². The van der Waals surface area contributed by atoms with Gasteiger partial charge >= 0.3 is 6.09 Å². The first kappa shape index (κ1) is 21.8. The molecule has 7 nitrogen and oxygen atoms in total. The van der Waals surface area contributed by atoms with E-state index in [-0.39, 0.29) is 16.8 Å². The standard InChI is InChI=1S/C23H22FN3O4/c1-23(2,3)31-22(30)25-19-13-15-9-5-4-8-14(15)12-17(19)21(29)27-26-20(28)16-10-6-7-11-18(16)24/h4-13H,1-3H3,(H,25,30)(H,26,28)(H,27,29). The van der Waals surface area contributed by atoms with Gasteiger partial charge in [0, 0.05) is 0 Å². The normalized spacial score (nSPS) is 11.0. The summed E-state index contributed by atoms with van der Waals surface area (Å²) in [6.45, 7) is 5.16. The van der Waals surface area contributed by atoms with E-state index in [2.05, 4.69) is 16.2 Å². The van der Waals surface area contributed by atoms with Gasteiger partial charge in [0.15, 0.2) is 0 Å². The van der Waals surface area contributed by atoms with Crippen molar-refractivity contribution in [3.8, 4) is 0 Å². The Hall–Kier alpha value is -3.94. The van der Waals surface area contributed by atoms with Crippen LogP contribution in [0.4, 0.5) is 14.9 Å². The molecule has 0 aliphatic carbocycles. The van der Waals surface area contributed by atoms with Crippen LogP contribution < -0.4 is 16.2 Å². The third-order valence-electron chi connectivity index (χ3n) is 4.17. The molecule has 0 saturated heterocycles. The number of rotatable bonds is 3. The topological polar surface area (TPSA) is 96.5 Å². The van der Waals surface area contributed by atoms with Crippen molar-refractivity contribution >= 4 is 34.4 Å². The molecule has 0 saturated carbocycles. The van der Waals surface area contributed by atoms with Gasteiger partial charge in [0.05, 0.1) is 16.8 Å². The summed E-state index contributed by atoms with van der Waals surface area (Å²) < 4.78 is 19.0. The second-order valence-corrected chi connectivity index (χ2v) is 7.76. The van der Waals surface area contributed by atoms with E-state index < -0.39 is 29.3 Å². The lowest BCUT2D eigenvalue weighted by Crippen LogP contribution is -2.42. The molecule has 0 aromatic heterocycles. The average Bonchev–Trinajstić information content (AvgIpc) is 2.70. The molecular weight excluding hydrogens is 401 g/mol. The quantitative estimate of drug-likeness (QED) is 0.544. The summed E-state index contributed by atoms with van der Waals surface area (Å²) in [5.41, 5.74) is 3.79. The van der Waals surface area contributed by atoms with Crippen LogP contribution in [-0.2, 0) is 4.74 Å². The third-order valence-corrected chi connectivity index (χ3v) is 4.17. The second-order valence-electron chi connectivity index (χ2n) is 7.76. The minimum absolute atomic E-state index is 0.0957. The van der Waals surface area contributed by atoms with Gasteiger partial charge in [-0.3, -0.25) is 25.8 Å². The second kappa shape index (κ2) is 8.83. The van der Waals surface area contributed by atoms with Crippen LogP contribution in [0.15, 0.2) is 60.7 Å². The Morgan fingerprint density at radius 3 is 1.97 bits per heavy atom. The lowest BCUT2D eigenvalue weighted by Gasteiger charge is -2.20. The van der Waals surface area contributed by atoms with E-state index >= 15 is 0 Å². The molecule has 0 spiro atoms. The SMILES string of the molecule is CC(C)(C)OC(=O)Nc1cc2ccccc2cc1C(=O)NNC(=O)c1ccccc1F. The van der Waals surface area contributed by atoms with Gasteiger partial charge in [0.25, 0.3) is 11.8 Å². The molecule has 0 heterocycles. The minimum Gasteiger partial charge on any atom is -0.444 e. The fourth-order valence-corrected chi connectivity index (χ4v) is 2.84. The van der Waals surface area contributed by atoms with Crippen LogP contribution in [0.25, 0.3) is 10.8 Å². The summed E-state index contributed by atoms with van der Waals surface area (Å²) in [5, 5.41) is 4.12. The maximum Gasteiger partial charge on any atom is 0.412 e. The van der Waals surface area contributed by atoms with E-state index in [9.17, 15) is 18.8 Å². The van der Waals surface area contributed by atoms with E-state index in [1.54, 1.807) is 39.0 Å². The van der Waals surface area contributed by atoms with Crippen LogP contribution >= 0.6 is 0 Å². The molecular formula is C23H22FN3O4. The van der Waals surface area contributed by atoms with Crippen molar-refractivity contribution in [2.75, 3.05) is 5.32 Å². The van der Waals surface area contributed by atoms with Crippen molar-refractivity contribution in [2.45, 2.75) is 26.4 Å². The smallest absolute Gasteiger partial charge is 0.412 e. The van der Waals surface area contributed by atoms with Gasteiger partial charge in [-0.25, -0.2) is 9.18 Å². The van der Waals surface area contributed by atoms with E-state index in [1.165, 1.54) is 18.2 Å². The zero-order valence-corrected chi connectivity index (χ0v) is 17.3. The molecule has 0 radical (unpaired) electrons. The fourth-order valence-electron chi connectivity index (χ4n) is 2.84. The highest BCUT2D eigenvalue weighted by Crippen LogP contribution is 2.25. The van der Waals surface area contributed by atoms with Crippen molar-refractivity contribution in [3.63, 3.8) is 0 Å². The molecule has 160 valence electrons. The first-order valence-corrected chi connectivity index (χ1v) is 9.52. The van der Waals surface area contributed by atoms with Crippen LogP contribution in [0, 0.1) is 5.82 Å². The van der Waals surface area contributed by atoms with Crippen LogP contribution in [0.2, 0.25) is 0 Å². The van der Waals surface area contributed by atoms with Gasteiger partial charge < -0.3 is 4.74 Å². The molecule has 0 atom stereocenters. The van der Waals surface area contributed by atoms with E-state index in [0.29, 0.717) is 0 Å². The molecule has 0 bridgehead atoms. The average molecular weight is 423 g/mol. The van der Waals surface area contributed by atoms with E-state index in [0.717, 1.165) is 16.8 Å². The van der Waals surface area contributed by atoms with Crippen LogP contribution in [0.1, 0.15) is 41.5 Å². The Kier molecular flexibility index (Phi) is 6.20. The van der Waals surface area contributed by atoms with Gasteiger partial charge in [-0.1, -0.05) is 36.4 Å². The zero-order valence-electron chi connectivity index (χ0n) is 17.3. The first-order chi connectivity index (χ1) is 14.6. The van der Waals surface area contributed by atoms with Crippen molar-refractivity contribution < 1.29 is 23.5 Å². The number of benzene rings is 3. The van der Waals surface area contributed by atoms with Gasteiger partial charge in [-0.05, 0) is 55.8 Å². The Bertz CT molecular complexity index is 1160. The number of ether oxygens (including phenoxy) is 1. The summed E-state index contributed by atoms with van der Waals surface area (Å²) in [6.07, 6.45) is -0.729. The molecule has 0 aliphatic rings. The molecule has 31 heavy (non-hydrogen) atoms. The molecule has 0 aliphatic heterocycles. The molecule has 0 fully saturated rings. The third kappa shape index (κ3) is 5.57. The lowest BCUT2D eigenvalue weighted by molar-refractivity contribution is 0.0635. The van der Waals surface area contributed by atoms with Crippen LogP contribution in [0.5, 0.6) is 0 Å². The monoisotopic (exact) mass is 423 g/mol. The number of carbonyl (C=O) groups excluding carboxylic acids is 3. The van der Waals surface area contributed by atoms with Crippen LogP contribution in [-0.4, -0.2) is 23.5 Å². The van der Waals surface area contributed by atoms with Gasteiger partial charge in [-0.2, -0.15) is 0 Å². The summed E-state index contributed by atoms with van der Waals surface area (Å²) in [6, 6.07) is 15.9. The number of hydrazine groups is 1.